The first-order valence-electron chi connectivity index (χ1n) is 11.7. The van der Waals surface area contributed by atoms with Crippen LogP contribution in [0.4, 0.5) is 15.9 Å². The Hall–Kier alpha value is -3.59. The molecule has 2 aliphatic carbocycles. The van der Waals surface area contributed by atoms with Crippen LogP contribution in [0.2, 0.25) is 0 Å². The van der Waals surface area contributed by atoms with Gasteiger partial charge < -0.3 is 9.88 Å². The van der Waals surface area contributed by atoms with Gasteiger partial charge in [-0.1, -0.05) is 0 Å². The molecule has 0 saturated heterocycles. The van der Waals surface area contributed by atoms with E-state index in [1.807, 2.05) is 6.07 Å². The molecule has 35 heavy (non-hydrogen) atoms. The van der Waals surface area contributed by atoms with Crippen LogP contribution in [0.3, 0.4) is 0 Å². The van der Waals surface area contributed by atoms with Gasteiger partial charge in [-0.3, -0.25) is 14.7 Å². The summed E-state index contributed by atoms with van der Waals surface area (Å²) in [5.41, 5.74) is 3.83. The van der Waals surface area contributed by atoms with Crippen molar-refractivity contribution in [1.82, 2.24) is 19.7 Å². The lowest BCUT2D eigenvalue weighted by Crippen LogP contribution is -2.21. The van der Waals surface area contributed by atoms with Gasteiger partial charge in [0, 0.05) is 36.3 Å². The van der Waals surface area contributed by atoms with Crippen molar-refractivity contribution in [3.63, 3.8) is 0 Å². The van der Waals surface area contributed by atoms with Gasteiger partial charge in [-0.05, 0) is 72.9 Å². The van der Waals surface area contributed by atoms with Crippen molar-refractivity contribution in [1.29, 1.82) is 0 Å². The number of hydrogen-bond acceptors (Lipinski definition) is 6. The Labute approximate surface area is 205 Å². The molecule has 0 aliphatic heterocycles. The van der Waals surface area contributed by atoms with Gasteiger partial charge in [-0.25, -0.2) is 9.37 Å². The molecule has 2 unspecified atom stereocenters. The number of benzene rings is 1. The van der Waals surface area contributed by atoms with Gasteiger partial charge in [-0.15, -0.1) is 11.3 Å². The van der Waals surface area contributed by atoms with E-state index in [0.29, 0.717) is 39.9 Å². The van der Waals surface area contributed by atoms with Crippen LogP contribution in [0.5, 0.6) is 0 Å². The first-order chi connectivity index (χ1) is 16.9. The predicted molar refractivity (Wildman–Crippen MR) is 133 cm³/mol. The number of nitrogens with zero attached hydrogens (tertiary/aromatic N) is 3. The van der Waals surface area contributed by atoms with Gasteiger partial charge in [0.05, 0.1) is 22.5 Å². The fourth-order valence-electron chi connectivity index (χ4n) is 5.44. The van der Waals surface area contributed by atoms with Crippen LogP contribution in [-0.4, -0.2) is 25.5 Å². The highest BCUT2D eigenvalue weighted by molar-refractivity contribution is 7.14. The van der Waals surface area contributed by atoms with Gasteiger partial charge in [0.1, 0.15) is 5.82 Å². The number of Topliss-reactive ketones (excluding diaryl/α,β-unsaturated/α-hetero) is 1. The zero-order valence-electron chi connectivity index (χ0n) is 19.4. The Morgan fingerprint density at radius 2 is 2.14 bits per heavy atom. The number of halogens is 1. The molecule has 0 amide bonds. The fourth-order valence-corrected chi connectivity index (χ4v) is 6.77. The van der Waals surface area contributed by atoms with Crippen molar-refractivity contribution < 1.29 is 9.18 Å². The minimum Gasteiger partial charge on any atom is -0.333 e. The summed E-state index contributed by atoms with van der Waals surface area (Å²) >= 11 is 1.59. The molecule has 3 aromatic heterocycles. The first kappa shape index (κ1) is 21.9. The second kappa shape index (κ2) is 8.27. The normalized spacial score (nSPS) is 18.1. The smallest absolute Gasteiger partial charge is 0.293 e. The number of aryl methyl sites for hydroxylation is 1. The number of aromatic nitrogens is 4. The van der Waals surface area contributed by atoms with Crippen molar-refractivity contribution in [2.75, 3.05) is 5.32 Å². The second-order valence-electron chi connectivity index (χ2n) is 9.44. The highest BCUT2D eigenvalue weighted by Gasteiger charge is 2.39. The van der Waals surface area contributed by atoms with E-state index in [2.05, 4.69) is 20.5 Å². The van der Waals surface area contributed by atoms with Crippen LogP contribution in [-0.2, 0) is 13.5 Å². The number of hydrogen-bond donors (Lipinski definition) is 2. The Morgan fingerprint density at radius 1 is 1.31 bits per heavy atom. The van der Waals surface area contributed by atoms with E-state index in [-0.39, 0.29) is 23.6 Å². The number of ketones is 1. The van der Waals surface area contributed by atoms with E-state index in [0.717, 1.165) is 4.88 Å². The van der Waals surface area contributed by atoms with Crippen LogP contribution in [0.15, 0.2) is 41.6 Å². The Bertz CT molecular complexity index is 1490. The van der Waals surface area contributed by atoms with Crippen molar-refractivity contribution in [2.24, 2.45) is 7.05 Å². The Morgan fingerprint density at radius 3 is 2.91 bits per heavy atom. The fraction of sp³-hybridized carbons (Fsp3) is 0.308. The number of aromatic amines is 1. The molecule has 2 bridgehead atoms. The SMILES string of the molecule is Cc1c(-c2cn(C)c(=O)c(Nc3cn[nH]c3)n2)ccc(F)c1CC(=O)c1cc2c(s1)C1CCC2C1. The lowest BCUT2D eigenvalue weighted by atomic mass is 9.95. The average Bonchev–Trinajstić information content (AvgIpc) is 3.62. The van der Waals surface area contributed by atoms with Gasteiger partial charge in [0.2, 0.25) is 0 Å². The molecule has 1 saturated carbocycles. The highest BCUT2D eigenvalue weighted by atomic mass is 32.1. The molecule has 0 spiro atoms. The van der Waals surface area contributed by atoms with E-state index < -0.39 is 5.82 Å². The minimum absolute atomic E-state index is 0.00781. The molecule has 2 N–H and O–H groups in total. The molecule has 9 heteroatoms. The maximum Gasteiger partial charge on any atom is 0.293 e. The number of rotatable bonds is 6. The van der Waals surface area contributed by atoms with Gasteiger partial charge in [0.15, 0.2) is 11.6 Å². The zero-order chi connectivity index (χ0) is 24.3. The molecule has 4 aromatic rings. The molecule has 2 aliphatic rings. The minimum atomic E-state index is -0.412. The van der Waals surface area contributed by atoms with Crippen LogP contribution in [0.1, 0.15) is 62.3 Å². The summed E-state index contributed by atoms with van der Waals surface area (Å²) < 4.78 is 16.4. The second-order valence-corrected chi connectivity index (χ2v) is 10.5. The molecule has 2 atom stereocenters. The highest BCUT2D eigenvalue weighted by Crippen LogP contribution is 2.56. The number of thiophene rings is 1. The maximum absolute atomic E-state index is 14.9. The van der Waals surface area contributed by atoms with Gasteiger partial charge >= 0.3 is 0 Å². The van der Waals surface area contributed by atoms with E-state index in [1.165, 1.54) is 40.3 Å². The van der Waals surface area contributed by atoms with Crippen LogP contribution >= 0.6 is 11.3 Å². The van der Waals surface area contributed by atoms with Crippen molar-refractivity contribution in [3.8, 4) is 11.3 Å². The van der Waals surface area contributed by atoms with Crippen LogP contribution in [0, 0.1) is 12.7 Å². The summed E-state index contributed by atoms with van der Waals surface area (Å²) in [5.74, 6) is 0.860. The lowest BCUT2D eigenvalue weighted by molar-refractivity contribution is 0.0995. The number of fused-ring (bicyclic) bond motifs is 5. The van der Waals surface area contributed by atoms with Crippen LogP contribution in [0.25, 0.3) is 11.3 Å². The number of H-pyrrole nitrogens is 1. The van der Waals surface area contributed by atoms with E-state index in [1.54, 1.807) is 50.0 Å². The standard InChI is InChI=1S/C26H24FN5O2S/c1-13-17(21-12-32(2)26(34)25(31-21)30-16-10-28-29-11-16)5-6-20(27)18(13)8-22(33)23-9-19-14-3-4-15(7-14)24(19)35-23/h5-6,9-12,14-15H,3-4,7-8H2,1-2H3,(H,28,29)(H,30,31). The third kappa shape index (κ3) is 3.70. The molecular weight excluding hydrogens is 465 g/mol. The van der Waals surface area contributed by atoms with Crippen LogP contribution < -0.4 is 10.9 Å². The summed E-state index contributed by atoms with van der Waals surface area (Å²) in [4.78, 5) is 32.4. The summed E-state index contributed by atoms with van der Waals surface area (Å²) in [6.07, 6.45) is 8.42. The summed E-state index contributed by atoms with van der Waals surface area (Å²) in [7, 11) is 1.64. The van der Waals surface area contributed by atoms with Gasteiger partial charge in [-0.2, -0.15) is 5.10 Å². The predicted octanol–water partition coefficient (Wildman–Crippen LogP) is 5.21. The molecule has 1 fully saturated rings. The van der Waals surface area contributed by atoms with Crippen molar-refractivity contribution >= 4 is 28.6 Å². The van der Waals surface area contributed by atoms with Crippen molar-refractivity contribution in [3.05, 3.63) is 79.4 Å². The third-order valence-corrected chi connectivity index (χ3v) is 8.65. The summed E-state index contributed by atoms with van der Waals surface area (Å²) in [6, 6.07) is 5.06. The number of anilines is 2. The number of carbonyl (C=O) groups is 1. The largest absolute Gasteiger partial charge is 0.333 e. The van der Waals surface area contributed by atoms with Crippen molar-refractivity contribution in [2.45, 2.75) is 44.4 Å². The molecular formula is C26H24FN5O2S. The zero-order valence-corrected chi connectivity index (χ0v) is 20.2. The maximum atomic E-state index is 14.9. The molecule has 6 rings (SSSR count). The van der Waals surface area contributed by atoms with Gasteiger partial charge in [0.25, 0.3) is 5.56 Å². The quantitative estimate of drug-likeness (QED) is 0.363. The Kier molecular flexibility index (Phi) is 5.17. The monoisotopic (exact) mass is 489 g/mol. The van der Waals surface area contributed by atoms with E-state index >= 15 is 0 Å². The molecule has 7 nitrogen and oxygen atoms in total. The molecule has 3 heterocycles. The molecule has 0 radical (unpaired) electrons. The van der Waals surface area contributed by atoms with E-state index in [4.69, 9.17) is 0 Å². The molecule has 1 aromatic carbocycles. The summed E-state index contributed by atoms with van der Waals surface area (Å²) in [6.45, 7) is 1.80. The summed E-state index contributed by atoms with van der Waals surface area (Å²) in [5, 5.41) is 9.52. The first-order valence-corrected chi connectivity index (χ1v) is 12.5. The van der Waals surface area contributed by atoms with E-state index in [9.17, 15) is 14.0 Å². The number of nitrogens with one attached hydrogen (secondary N) is 2. The number of carbonyl (C=O) groups excluding carboxylic acids is 1. The lowest BCUT2D eigenvalue weighted by Gasteiger charge is -2.14. The topological polar surface area (TPSA) is 92.7 Å². The third-order valence-electron chi connectivity index (χ3n) is 7.30. The Balaban J connectivity index is 1.33. The molecule has 178 valence electrons. The average molecular weight is 490 g/mol.